The third-order valence-electron chi connectivity index (χ3n) is 2.54. The number of carbonyl (C=O) groups is 2. The first-order chi connectivity index (χ1) is 9.61. The average Bonchev–Trinajstić information content (AvgIpc) is 2.88. The Hall–Kier alpha value is -2.74. The molecule has 20 heavy (non-hydrogen) atoms. The summed E-state index contributed by atoms with van der Waals surface area (Å²) >= 11 is 0. The number of aromatic nitrogens is 3. The number of amides is 1. The lowest BCUT2D eigenvalue weighted by molar-refractivity contribution is 0.0698. The normalized spacial score (nSPS) is 10.2. The Kier molecular flexibility index (Phi) is 4.06. The smallest absolute Gasteiger partial charge is 0.337 e. The van der Waals surface area contributed by atoms with Gasteiger partial charge in [-0.05, 0) is 12.1 Å². The minimum Gasteiger partial charge on any atom is -0.478 e. The number of benzene rings is 1. The van der Waals surface area contributed by atoms with E-state index in [0.717, 1.165) is 0 Å². The Morgan fingerprint density at radius 1 is 1.35 bits per heavy atom. The van der Waals surface area contributed by atoms with Crippen LogP contribution in [0.2, 0.25) is 0 Å². The van der Waals surface area contributed by atoms with E-state index in [9.17, 15) is 9.59 Å². The Morgan fingerprint density at radius 3 is 2.80 bits per heavy atom. The maximum Gasteiger partial charge on any atom is 0.337 e. The molecule has 0 aliphatic rings. The number of carboxylic acid groups (broad SMARTS) is 1. The lowest BCUT2D eigenvalue weighted by atomic mass is 10.2. The van der Waals surface area contributed by atoms with Gasteiger partial charge in [0.05, 0.1) is 24.0 Å². The van der Waals surface area contributed by atoms with E-state index < -0.39 is 11.9 Å². The number of anilines is 1. The van der Waals surface area contributed by atoms with Crippen molar-refractivity contribution in [3.63, 3.8) is 0 Å². The van der Waals surface area contributed by atoms with Crippen molar-refractivity contribution in [3.8, 4) is 0 Å². The van der Waals surface area contributed by atoms with Crippen LogP contribution in [-0.2, 0) is 6.54 Å². The number of nitrogens with one attached hydrogen (secondary N) is 1. The van der Waals surface area contributed by atoms with Crippen molar-refractivity contribution in [1.29, 1.82) is 0 Å². The summed E-state index contributed by atoms with van der Waals surface area (Å²) in [5, 5.41) is 19.0. The van der Waals surface area contributed by atoms with Gasteiger partial charge in [-0.2, -0.15) is 0 Å². The zero-order valence-corrected chi connectivity index (χ0v) is 10.5. The first kappa shape index (κ1) is 13.7. The van der Waals surface area contributed by atoms with Crippen molar-refractivity contribution in [2.45, 2.75) is 6.54 Å². The van der Waals surface area contributed by atoms with Crippen LogP contribution in [0, 0.1) is 0 Å². The zero-order chi connectivity index (χ0) is 14.5. The molecule has 2 aromatic rings. The van der Waals surface area contributed by atoms with Crippen molar-refractivity contribution in [3.05, 3.63) is 41.7 Å². The summed E-state index contributed by atoms with van der Waals surface area (Å²) in [6.45, 7) is 0.832. The summed E-state index contributed by atoms with van der Waals surface area (Å²) in [6.07, 6.45) is 1.45. The van der Waals surface area contributed by atoms with Crippen molar-refractivity contribution in [2.75, 3.05) is 11.9 Å². The fourth-order valence-electron chi connectivity index (χ4n) is 1.61. The van der Waals surface area contributed by atoms with Gasteiger partial charge >= 0.3 is 5.97 Å². The molecule has 0 saturated carbocycles. The first-order valence-corrected chi connectivity index (χ1v) is 5.85. The number of aromatic carboxylic acids is 1. The number of carbonyl (C=O) groups excluding carboxylic acids is 1. The van der Waals surface area contributed by atoms with E-state index >= 15 is 0 Å². The van der Waals surface area contributed by atoms with Gasteiger partial charge in [-0.3, -0.25) is 9.48 Å². The van der Waals surface area contributed by atoms with E-state index in [-0.39, 0.29) is 16.9 Å². The lowest BCUT2D eigenvalue weighted by Gasteiger charge is -2.06. The second kappa shape index (κ2) is 5.93. The van der Waals surface area contributed by atoms with E-state index in [0.29, 0.717) is 13.1 Å². The molecule has 0 atom stereocenters. The third kappa shape index (κ3) is 2.98. The number of nitrogens with zero attached hydrogens (tertiary/aromatic N) is 3. The molecular weight excluding hydrogens is 262 g/mol. The number of nitrogens with two attached hydrogens (primary N) is 1. The minimum atomic E-state index is -1.12. The molecule has 1 aromatic carbocycles. The summed E-state index contributed by atoms with van der Waals surface area (Å²) in [5.74, 6) is -1.64. The molecule has 0 aliphatic carbocycles. The van der Waals surface area contributed by atoms with Crippen molar-refractivity contribution in [1.82, 2.24) is 15.0 Å². The fraction of sp³-hybridized carbons (Fsp3) is 0.167. The Labute approximate surface area is 114 Å². The lowest BCUT2D eigenvalue weighted by Crippen LogP contribution is -2.15. The van der Waals surface area contributed by atoms with Crippen LogP contribution >= 0.6 is 0 Å². The maximum atomic E-state index is 12.0. The molecule has 0 saturated heterocycles. The molecule has 1 heterocycles. The zero-order valence-electron chi connectivity index (χ0n) is 10.5. The fourth-order valence-corrected chi connectivity index (χ4v) is 1.61. The van der Waals surface area contributed by atoms with Crippen LogP contribution in [0.5, 0.6) is 0 Å². The Bertz CT molecular complexity index is 638. The van der Waals surface area contributed by atoms with Crippen LogP contribution < -0.4 is 11.1 Å². The second-order valence-corrected chi connectivity index (χ2v) is 3.96. The predicted octanol–water partition coefficient (Wildman–Crippen LogP) is 0.187. The molecule has 104 valence electrons. The molecule has 0 bridgehead atoms. The molecule has 2 rings (SSSR count). The van der Waals surface area contributed by atoms with Crippen LogP contribution in [-0.4, -0.2) is 38.5 Å². The minimum absolute atomic E-state index is 0.00944. The largest absolute Gasteiger partial charge is 0.478 e. The standard InChI is InChI=1S/C12H13N5O3/c13-5-6-17-7-10(15-16-17)11(18)14-9-4-2-1-3-8(9)12(19)20/h1-4,7H,5-6,13H2,(H,14,18)(H,19,20). The van der Waals surface area contributed by atoms with Gasteiger partial charge < -0.3 is 16.2 Å². The summed E-state index contributed by atoms with van der Waals surface area (Å²) in [5.41, 5.74) is 5.68. The van der Waals surface area contributed by atoms with Gasteiger partial charge in [0, 0.05) is 6.54 Å². The van der Waals surface area contributed by atoms with Gasteiger partial charge in [-0.25, -0.2) is 4.79 Å². The topological polar surface area (TPSA) is 123 Å². The summed E-state index contributed by atoms with van der Waals surface area (Å²) in [4.78, 5) is 23.0. The molecule has 1 amide bonds. The molecule has 0 fully saturated rings. The van der Waals surface area contributed by atoms with Crippen LogP contribution in [0.4, 0.5) is 5.69 Å². The third-order valence-corrected chi connectivity index (χ3v) is 2.54. The molecule has 1 aromatic heterocycles. The van der Waals surface area contributed by atoms with Crippen molar-refractivity contribution < 1.29 is 14.7 Å². The number of hydrogen-bond donors (Lipinski definition) is 3. The molecule has 4 N–H and O–H groups in total. The highest BCUT2D eigenvalue weighted by Crippen LogP contribution is 2.15. The van der Waals surface area contributed by atoms with Gasteiger partial charge in [0.25, 0.3) is 5.91 Å². The van der Waals surface area contributed by atoms with E-state index in [1.165, 1.54) is 23.0 Å². The van der Waals surface area contributed by atoms with Gasteiger partial charge in [0.1, 0.15) is 0 Å². The molecule has 8 nitrogen and oxygen atoms in total. The number of para-hydroxylation sites is 1. The average molecular weight is 275 g/mol. The Morgan fingerprint density at radius 2 is 2.10 bits per heavy atom. The molecule has 0 spiro atoms. The molecule has 0 aliphatic heterocycles. The van der Waals surface area contributed by atoms with E-state index in [1.54, 1.807) is 12.1 Å². The maximum absolute atomic E-state index is 12.0. The van der Waals surface area contributed by atoms with E-state index in [2.05, 4.69) is 15.6 Å². The van der Waals surface area contributed by atoms with Gasteiger partial charge in [0.2, 0.25) is 0 Å². The van der Waals surface area contributed by atoms with E-state index in [1.807, 2.05) is 0 Å². The summed E-state index contributed by atoms with van der Waals surface area (Å²) in [7, 11) is 0. The van der Waals surface area contributed by atoms with Gasteiger partial charge in [-0.1, -0.05) is 17.3 Å². The van der Waals surface area contributed by atoms with Crippen molar-refractivity contribution in [2.24, 2.45) is 5.73 Å². The number of hydrogen-bond acceptors (Lipinski definition) is 5. The van der Waals surface area contributed by atoms with Crippen LogP contribution in [0.3, 0.4) is 0 Å². The van der Waals surface area contributed by atoms with Crippen molar-refractivity contribution >= 4 is 17.6 Å². The highest BCUT2D eigenvalue weighted by atomic mass is 16.4. The monoisotopic (exact) mass is 275 g/mol. The molecule has 8 heteroatoms. The highest BCUT2D eigenvalue weighted by molar-refractivity contribution is 6.06. The molecule has 0 unspecified atom stereocenters. The van der Waals surface area contributed by atoms with Gasteiger partial charge in [0.15, 0.2) is 5.69 Å². The second-order valence-electron chi connectivity index (χ2n) is 3.96. The van der Waals surface area contributed by atoms with Gasteiger partial charge in [-0.15, -0.1) is 5.10 Å². The predicted molar refractivity (Wildman–Crippen MR) is 70.4 cm³/mol. The summed E-state index contributed by atoms with van der Waals surface area (Å²) < 4.78 is 1.44. The first-order valence-electron chi connectivity index (χ1n) is 5.85. The number of rotatable bonds is 5. The quantitative estimate of drug-likeness (QED) is 0.715. The highest BCUT2D eigenvalue weighted by Gasteiger charge is 2.15. The summed E-state index contributed by atoms with van der Waals surface area (Å²) in [6, 6.07) is 6.12. The van der Waals surface area contributed by atoms with Crippen LogP contribution in [0.25, 0.3) is 0 Å². The van der Waals surface area contributed by atoms with Crippen LogP contribution in [0.1, 0.15) is 20.8 Å². The molecular formula is C12H13N5O3. The van der Waals surface area contributed by atoms with E-state index in [4.69, 9.17) is 10.8 Å². The van der Waals surface area contributed by atoms with Crippen LogP contribution in [0.15, 0.2) is 30.5 Å². The molecule has 0 radical (unpaired) electrons. The SMILES string of the molecule is NCCn1cc(C(=O)Nc2ccccc2C(=O)O)nn1. The Balaban J connectivity index is 2.17. The number of carboxylic acids is 1.